The number of benzene rings is 2. The fraction of sp³-hybridized carbons (Fsp3) is 0.491. The number of ether oxygens (including phenoxy) is 4. The van der Waals surface area contributed by atoms with E-state index in [1.807, 2.05) is 30.7 Å². The number of fused-ring (bicyclic) bond motifs is 1. The first-order valence-corrected chi connectivity index (χ1v) is 27.2. The van der Waals surface area contributed by atoms with Gasteiger partial charge in [0.25, 0.3) is 17.7 Å². The van der Waals surface area contributed by atoms with E-state index in [0.717, 1.165) is 4.90 Å². The summed E-state index contributed by atoms with van der Waals surface area (Å²) in [5.41, 5.74) is -1.99. The van der Waals surface area contributed by atoms with Gasteiger partial charge in [-0.3, -0.25) is 53.5 Å². The fourth-order valence-corrected chi connectivity index (χ4v) is 10.0. The number of imide groups is 2. The monoisotopic (exact) mass is 1160 g/mol. The molecule has 0 bridgehead atoms. The number of halogens is 4. The standard InChI is InChI=1S/C55H66F4N12O12/c1-33-31-70(32-34(2)67(33)3)44-27-40(56)37(25-42(44)65-50(76)38-30-62-47(74)26-39(38)55(57,58)59)35-28-63-54(64-29-35)69-15-13-68(14-16-69)48(75)10-9-45(72)61-12-18-81-20-22-83-24-23-82-21-19-80-17-11-60-41-6-4-5-36-49(41)53(79)71(52(36)78)43-7-8-46(73)66-51(43)77/h4-6,25-30,33-34,43,60H,7-24,31-32H2,1-3H3,(H,61,72)(H,62,74)(H,65,76)(H,66,73,77)/t33-,34+,43?. The number of piperidine rings is 1. The Morgan fingerprint density at radius 2 is 1.40 bits per heavy atom. The van der Waals surface area contributed by atoms with Crippen LogP contribution in [0.15, 0.2) is 59.8 Å². The van der Waals surface area contributed by atoms with Gasteiger partial charge in [-0.2, -0.15) is 13.2 Å². The molecule has 0 aliphatic carbocycles. The molecule has 3 saturated heterocycles. The SMILES string of the molecule is C[C@@H]1CN(c2cc(F)c(-c3cnc(N4CCN(C(=O)CCC(=O)NCCOCCOCCOCCOCCNc5cccc6c5C(=O)N(C5CCC(=O)NC5=O)C6=O)CC4)nc3)cc2NC(=O)c2c[nH]c(=O)cc2C(F)(F)F)C[C@H](C)N1C. The van der Waals surface area contributed by atoms with Crippen LogP contribution >= 0.6 is 0 Å². The lowest BCUT2D eigenvalue weighted by molar-refractivity contribution is -0.138. The first kappa shape index (κ1) is 61.2. The molecule has 7 amide bonds. The third kappa shape index (κ3) is 15.4. The minimum atomic E-state index is -5.01. The number of hydrogen-bond acceptors (Lipinski definition) is 18. The maximum absolute atomic E-state index is 16.1. The number of likely N-dealkylation sites (N-methyl/N-ethyl adjacent to an activating group) is 1. The van der Waals surface area contributed by atoms with Crippen LogP contribution in [0.25, 0.3) is 11.1 Å². The molecule has 2 aromatic carbocycles. The molecule has 5 N–H and O–H groups in total. The molecule has 3 atom stereocenters. The van der Waals surface area contributed by atoms with Gasteiger partial charge in [-0.25, -0.2) is 14.4 Å². The van der Waals surface area contributed by atoms with Crippen LogP contribution in [-0.2, 0) is 44.3 Å². The number of anilines is 4. The van der Waals surface area contributed by atoms with Crippen LogP contribution in [-0.4, -0.2) is 201 Å². The second-order valence-electron chi connectivity index (χ2n) is 20.2. The van der Waals surface area contributed by atoms with Gasteiger partial charge in [0.2, 0.25) is 35.1 Å². The summed E-state index contributed by atoms with van der Waals surface area (Å²) in [6.45, 7) is 9.19. The number of nitrogens with zero attached hydrogens (tertiary/aromatic N) is 7. The minimum Gasteiger partial charge on any atom is -0.382 e. The van der Waals surface area contributed by atoms with Gasteiger partial charge < -0.3 is 54.6 Å². The molecule has 4 aliphatic rings. The van der Waals surface area contributed by atoms with E-state index in [9.17, 15) is 51.5 Å². The van der Waals surface area contributed by atoms with Gasteiger partial charge in [0.15, 0.2) is 0 Å². The summed E-state index contributed by atoms with van der Waals surface area (Å²) in [7, 11) is 1.95. The molecule has 0 saturated carbocycles. The predicted octanol–water partition coefficient (Wildman–Crippen LogP) is 2.90. The van der Waals surface area contributed by atoms with Crippen LogP contribution in [0.4, 0.5) is 40.6 Å². The molecule has 446 valence electrons. The zero-order valence-corrected chi connectivity index (χ0v) is 46.1. The minimum absolute atomic E-state index is 0.00413. The summed E-state index contributed by atoms with van der Waals surface area (Å²) in [4.78, 5) is 121. The van der Waals surface area contributed by atoms with Crippen molar-refractivity contribution in [3.63, 3.8) is 0 Å². The Balaban J connectivity index is 0.678. The summed E-state index contributed by atoms with van der Waals surface area (Å²) < 4.78 is 80.2. The Bertz CT molecular complexity index is 3080. The van der Waals surface area contributed by atoms with E-state index in [1.54, 1.807) is 17.0 Å². The number of piperazine rings is 2. The Labute approximate surface area is 474 Å². The number of rotatable bonds is 25. The summed E-state index contributed by atoms with van der Waals surface area (Å²) in [6.07, 6.45) is -1.43. The van der Waals surface area contributed by atoms with Crippen LogP contribution in [0.2, 0.25) is 0 Å². The first-order valence-electron chi connectivity index (χ1n) is 27.2. The average Bonchev–Trinajstić information content (AvgIpc) is 3.62. The number of amides is 7. The molecule has 0 spiro atoms. The molecule has 4 aromatic rings. The van der Waals surface area contributed by atoms with Gasteiger partial charge in [0, 0.05) is 125 Å². The number of aromatic amines is 1. The Morgan fingerprint density at radius 1 is 0.759 bits per heavy atom. The number of nitrogens with one attached hydrogen (secondary N) is 5. The maximum Gasteiger partial charge on any atom is 0.417 e. The van der Waals surface area contributed by atoms with E-state index in [0.29, 0.717) is 103 Å². The van der Waals surface area contributed by atoms with Crippen molar-refractivity contribution in [3.8, 4) is 11.1 Å². The van der Waals surface area contributed by atoms with Crippen molar-refractivity contribution in [2.75, 3.05) is 133 Å². The highest BCUT2D eigenvalue weighted by Gasteiger charge is 2.46. The van der Waals surface area contributed by atoms with Gasteiger partial charge in [-0.05, 0) is 51.6 Å². The van der Waals surface area contributed by atoms with Crippen molar-refractivity contribution in [3.05, 3.63) is 93.4 Å². The van der Waals surface area contributed by atoms with E-state index < -0.39 is 64.3 Å². The predicted molar refractivity (Wildman–Crippen MR) is 292 cm³/mol. The lowest BCUT2D eigenvalue weighted by atomic mass is 10.0. The highest BCUT2D eigenvalue weighted by Crippen LogP contribution is 2.38. The third-order valence-electron chi connectivity index (χ3n) is 14.7. The van der Waals surface area contributed by atoms with Gasteiger partial charge in [-0.15, -0.1) is 0 Å². The van der Waals surface area contributed by atoms with Crippen LogP contribution in [0.3, 0.4) is 0 Å². The number of carbonyl (C=O) groups excluding carboxylic acids is 7. The van der Waals surface area contributed by atoms with Crippen molar-refractivity contribution < 1.29 is 70.1 Å². The second kappa shape index (κ2) is 27.9. The average molecular weight is 1160 g/mol. The van der Waals surface area contributed by atoms with Crippen LogP contribution in [0.5, 0.6) is 0 Å². The molecule has 4 aliphatic heterocycles. The summed E-state index contributed by atoms with van der Waals surface area (Å²) in [5.74, 6) is -4.33. The number of alkyl halides is 3. The zero-order chi connectivity index (χ0) is 59.4. The van der Waals surface area contributed by atoms with Crippen LogP contribution < -0.4 is 36.6 Å². The maximum atomic E-state index is 16.1. The molecule has 6 heterocycles. The van der Waals surface area contributed by atoms with Gasteiger partial charge in [-0.1, -0.05) is 6.07 Å². The summed E-state index contributed by atoms with van der Waals surface area (Å²) in [6, 6.07) is 6.67. The zero-order valence-electron chi connectivity index (χ0n) is 46.1. The lowest BCUT2D eigenvalue weighted by Gasteiger charge is -2.44. The van der Waals surface area contributed by atoms with E-state index in [4.69, 9.17) is 18.9 Å². The van der Waals surface area contributed by atoms with Crippen molar-refractivity contribution >= 4 is 64.4 Å². The largest absolute Gasteiger partial charge is 0.417 e. The van der Waals surface area contributed by atoms with Crippen molar-refractivity contribution in [1.29, 1.82) is 0 Å². The van der Waals surface area contributed by atoms with Gasteiger partial charge in [0.1, 0.15) is 11.9 Å². The molecule has 1 unspecified atom stereocenters. The number of carbonyl (C=O) groups is 7. The third-order valence-corrected chi connectivity index (χ3v) is 14.7. The molecule has 24 nitrogen and oxygen atoms in total. The highest BCUT2D eigenvalue weighted by atomic mass is 19.4. The Hall–Kier alpha value is -7.92. The molecule has 0 radical (unpaired) electrons. The molecule has 28 heteroatoms. The fourth-order valence-electron chi connectivity index (χ4n) is 10.0. The smallest absolute Gasteiger partial charge is 0.382 e. The number of hydrogen-bond donors (Lipinski definition) is 5. The van der Waals surface area contributed by atoms with Crippen molar-refractivity contribution in [2.24, 2.45) is 0 Å². The van der Waals surface area contributed by atoms with Crippen LogP contribution in [0.1, 0.15) is 76.2 Å². The second-order valence-corrected chi connectivity index (χ2v) is 20.2. The van der Waals surface area contributed by atoms with E-state index >= 15 is 4.39 Å². The first-order chi connectivity index (χ1) is 39.8. The van der Waals surface area contributed by atoms with E-state index in [2.05, 4.69) is 41.1 Å². The summed E-state index contributed by atoms with van der Waals surface area (Å²) >= 11 is 0. The number of aromatic nitrogens is 3. The van der Waals surface area contributed by atoms with E-state index in [1.165, 1.54) is 30.6 Å². The van der Waals surface area contributed by atoms with Crippen molar-refractivity contribution in [1.82, 2.24) is 40.3 Å². The highest BCUT2D eigenvalue weighted by molar-refractivity contribution is 6.25. The number of pyridine rings is 1. The normalized spacial score (nSPS) is 18.6. The molecular weight excluding hydrogens is 1100 g/mol. The number of H-pyrrole nitrogens is 1. The summed E-state index contributed by atoms with van der Waals surface area (Å²) in [5, 5.41) is 10.6. The molecule has 83 heavy (non-hydrogen) atoms. The molecule has 2 aromatic heterocycles. The molecule has 3 fully saturated rings. The van der Waals surface area contributed by atoms with Crippen molar-refractivity contribution in [2.45, 2.75) is 63.8 Å². The Morgan fingerprint density at radius 3 is 2.04 bits per heavy atom. The Kier molecular flexibility index (Phi) is 20.6. The van der Waals surface area contributed by atoms with Gasteiger partial charge >= 0.3 is 6.18 Å². The quantitative estimate of drug-likeness (QED) is 0.0362. The van der Waals surface area contributed by atoms with E-state index in [-0.39, 0.29) is 110 Å². The van der Waals surface area contributed by atoms with Gasteiger partial charge in [0.05, 0.1) is 86.5 Å². The van der Waals surface area contributed by atoms with Crippen LogP contribution in [0, 0.1) is 5.82 Å². The molecular formula is C55H66F4N12O12. The molecule has 8 rings (SSSR count). The lowest BCUT2D eigenvalue weighted by Crippen LogP contribution is -2.55. The topological polar surface area (TPSA) is 279 Å².